The monoisotopic (exact) mass is 380 g/mol. The molecule has 0 aliphatic carbocycles. The highest BCUT2D eigenvalue weighted by atomic mass is 16.7. The van der Waals surface area contributed by atoms with Crippen LogP contribution in [0.25, 0.3) is 11.1 Å². The summed E-state index contributed by atoms with van der Waals surface area (Å²) >= 11 is 0. The van der Waals surface area contributed by atoms with Gasteiger partial charge < -0.3 is 25.0 Å². The fraction of sp³-hybridized carbons (Fsp3) is 0.333. The van der Waals surface area contributed by atoms with Gasteiger partial charge in [0, 0.05) is 38.3 Å². The Kier molecular flexibility index (Phi) is 4.68. The molecule has 2 N–H and O–H groups in total. The van der Waals surface area contributed by atoms with Crippen LogP contribution in [0.3, 0.4) is 0 Å². The van der Waals surface area contributed by atoms with Gasteiger partial charge in [-0.05, 0) is 43.4 Å². The van der Waals surface area contributed by atoms with Gasteiger partial charge in [0.2, 0.25) is 6.79 Å². The lowest BCUT2D eigenvalue weighted by Crippen LogP contribution is -2.30. The van der Waals surface area contributed by atoms with Crippen molar-refractivity contribution in [2.75, 3.05) is 45.9 Å². The Hall–Kier alpha value is -3.06. The third-order valence-electron chi connectivity index (χ3n) is 5.12. The number of aliphatic imine (C=N–C) groups is 1. The van der Waals surface area contributed by atoms with E-state index in [0.717, 1.165) is 52.7 Å². The van der Waals surface area contributed by atoms with Gasteiger partial charge >= 0.3 is 0 Å². The molecule has 146 valence electrons. The van der Waals surface area contributed by atoms with Gasteiger partial charge in [-0.25, -0.2) is 0 Å². The van der Waals surface area contributed by atoms with Crippen LogP contribution in [0.15, 0.2) is 29.3 Å². The minimum absolute atomic E-state index is 0.230. The second kappa shape index (κ2) is 7.16. The molecule has 4 rings (SSSR count). The lowest BCUT2D eigenvalue weighted by atomic mass is 9.93. The zero-order valence-corrected chi connectivity index (χ0v) is 16.4. The molecule has 0 saturated heterocycles. The van der Waals surface area contributed by atoms with E-state index in [1.165, 1.54) is 0 Å². The molecule has 0 saturated carbocycles. The first kappa shape index (κ1) is 18.3. The quantitative estimate of drug-likeness (QED) is 0.833. The van der Waals surface area contributed by atoms with Crippen LogP contribution in [0.1, 0.15) is 15.9 Å². The van der Waals surface area contributed by atoms with Crippen LogP contribution in [-0.2, 0) is 6.42 Å². The molecule has 2 aliphatic rings. The number of carbonyl (C=O) groups is 1. The highest BCUT2D eigenvalue weighted by Crippen LogP contribution is 2.45. The maximum atomic E-state index is 12.3. The number of anilines is 1. The zero-order chi connectivity index (χ0) is 19.8. The molecule has 7 nitrogen and oxygen atoms in total. The molecule has 0 atom stereocenters. The topological polar surface area (TPSA) is 80.4 Å². The number of fused-ring (bicyclic) bond motifs is 2. The van der Waals surface area contributed by atoms with E-state index in [2.05, 4.69) is 14.8 Å². The number of nitrogens with zero attached hydrogens (tertiary/aromatic N) is 3. The molecule has 0 radical (unpaired) electrons. The zero-order valence-electron chi connectivity index (χ0n) is 16.4. The van der Waals surface area contributed by atoms with E-state index < -0.39 is 5.91 Å². The molecule has 0 unspecified atom stereocenters. The van der Waals surface area contributed by atoms with Crippen LogP contribution >= 0.6 is 0 Å². The minimum atomic E-state index is -0.425. The van der Waals surface area contributed by atoms with Crippen molar-refractivity contribution in [2.24, 2.45) is 10.7 Å². The fourth-order valence-electron chi connectivity index (χ4n) is 3.62. The maximum absolute atomic E-state index is 12.3. The maximum Gasteiger partial charge on any atom is 0.251 e. The van der Waals surface area contributed by atoms with Crippen molar-refractivity contribution in [2.45, 2.75) is 6.42 Å². The van der Waals surface area contributed by atoms with E-state index in [0.29, 0.717) is 12.0 Å². The molecular weight excluding hydrogens is 356 g/mol. The molecule has 2 heterocycles. The highest BCUT2D eigenvalue weighted by Gasteiger charge is 2.26. The molecule has 0 bridgehead atoms. The molecular formula is C21H24N4O3. The largest absolute Gasteiger partial charge is 0.454 e. The molecule has 0 aromatic heterocycles. The average molecular weight is 380 g/mol. The standard InChI is InChI=1S/C21H24N4O3/c1-24(2)8-9-25(3)16-11-15(13-4-5-17-18(10-13)28-12-27-17)20-14(6-7-23-20)19(16)21(22)26/h4-5,7,10-11H,6,8-9,12H2,1-3H3,(H2,22,26). The molecule has 2 aromatic rings. The number of primary amides is 1. The number of benzene rings is 2. The Labute approximate surface area is 164 Å². The van der Waals surface area contributed by atoms with Crippen LogP contribution in [-0.4, -0.2) is 58.0 Å². The van der Waals surface area contributed by atoms with Crippen molar-refractivity contribution in [3.05, 3.63) is 35.4 Å². The normalized spacial score (nSPS) is 13.9. The van der Waals surface area contributed by atoms with Crippen molar-refractivity contribution in [1.82, 2.24) is 4.90 Å². The Balaban J connectivity index is 1.85. The van der Waals surface area contributed by atoms with Crippen molar-refractivity contribution in [3.63, 3.8) is 0 Å². The summed E-state index contributed by atoms with van der Waals surface area (Å²) in [6, 6.07) is 7.86. The predicted octanol–water partition coefficient (Wildman–Crippen LogP) is 2.44. The Bertz CT molecular complexity index is 969. The lowest BCUT2D eigenvalue weighted by molar-refractivity contribution is 0.1000. The number of hydrogen-bond acceptors (Lipinski definition) is 6. The third kappa shape index (κ3) is 3.18. The molecule has 2 aromatic carbocycles. The lowest BCUT2D eigenvalue weighted by Gasteiger charge is -2.26. The summed E-state index contributed by atoms with van der Waals surface area (Å²) in [4.78, 5) is 21.1. The van der Waals surface area contributed by atoms with Crippen LogP contribution in [0, 0.1) is 0 Å². The van der Waals surface area contributed by atoms with E-state index in [-0.39, 0.29) is 6.79 Å². The number of hydrogen-bond donors (Lipinski definition) is 1. The average Bonchev–Trinajstić information content (AvgIpc) is 3.32. The van der Waals surface area contributed by atoms with Gasteiger partial charge in [-0.15, -0.1) is 0 Å². The number of likely N-dealkylation sites (N-methyl/N-ethyl adjacent to an activating group) is 2. The second-order valence-corrected chi connectivity index (χ2v) is 7.32. The summed E-state index contributed by atoms with van der Waals surface area (Å²) < 4.78 is 11.0. The van der Waals surface area contributed by atoms with Crippen molar-refractivity contribution in [3.8, 4) is 22.6 Å². The third-order valence-corrected chi connectivity index (χ3v) is 5.12. The number of rotatable bonds is 6. The summed E-state index contributed by atoms with van der Waals surface area (Å²) in [6.45, 7) is 1.86. The summed E-state index contributed by atoms with van der Waals surface area (Å²) in [6.07, 6.45) is 2.43. The first-order valence-corrected chi connectivity index (χ1v) is 9.24. The Morgan fingerprint density at radius 2 is 1.93 bits per heavy atom. The van der Waals surface area contributed by atoms with Crippen molar-refractivity contribution in [1.29, 1.82) is 0 Å². The van der Waals surface area contributed by atoms with E-state index in [9.17, 15) is 4.79 Å². The van der Waals surface area contributed by atoms with E-state index in [4.69, 9.17) is 15.2 Å². The Morgan fingerprint density at radius 1 is 1.14 bits per heavy atom. The smallest absolute Gasteiger partial charge is 0.251 e. The van der Waals surface area contributed by atoms with E-state index >= 15 is 0 Å². The van der Waals surface area contributed by atoms with Crippen LogP contribution in [0.5, 0.6) is 11.5 Å². The SMILES string of the molecule is CN(C)CCN(C)c1cc(-c2ccc3c(c2)OCO3)c2c(c1C(N)=O)CC=N2. The fourth-order valence-corrected chi connectivity index (χ4v) is 3.62. The van der Waals surface area contributed by atoms with Gasteiger partial charge in [-0.3, -0.25) is 9.79 Å². The molecule has 28 heavy (non-hydrogen) atoms. The predicted molar refractivity (Wildman–Crippen MR) is 110 cm³/mol. The van der Waals surface area contributed by atoms with E-state index in [1.807, 2.05) is 51.6 Å². The van der Waals surface area contributed by atoms with Gasteiger partial charge in [0.15, 0.2) is 11.5 Å². The van der Waals surface area contributed by atoms with Gasteiger partial charge in [0.25, 0.3) is 5.91 Å². The molecule has 1 amide bonds. The first-order valence-electron chi connectivity index (χ1n) is 9.24. The van der Waals surface area contributed by atoms with Crippen LogP contribution < -0.4 is 20.1 Å². The summed E-state index contributed by atoms with van der Waals surface area (Å²) in [5, 5.41) is 0. The summed E-state index contributed by atoms with van der Waals surface area (Å²) in [5.74, 6) is 1.03. The molecule has 0 fully saturated rings. The number of nitrogens with two attached hydrogens (primary N) is 1. The molecule has 2 aliphatic heterocycles. The minimum Gasteiger partial charge on any atom is -0.454 e. The summed E-state index contributed by atoms with van der Waals surface area (Å²) in [5.41, 5.74) is 10.8. The number of amides is 1. The summed E-state index contributed by atoms with van der Waals surface area (Å²) in [7, 11) is 6.03. The van der Waals surface area contributed by atoms with Crippen LogP contribution in [0.4, 0.5) is 11.4 Å². The Morgan fingerprint density at radius 3 is 2.68 bits per heavy atom. The molecule has 7 heteroatoms. The number of carbonyl (C=O) groups excluding carboxylic acids is 1. The van der Waals surface area contributed by atoms with Gasteiger partial charge in [0.05, 0.1) is 16.9 Å². The second-order valence-electron chi connectivity index (χ2n) is 7.32. The number of ether oxygens (including phenoxy) is 2. The van der Waals surface area contributed by atoms with Crippen molar-refractivity contribution < 1.29 is 14.3 Å². The van der Waals surface area contributed by atoms with Gasteiger partial charge in [-0.2, -0.15) is 0 Å². The highest BCUT2D eigenvalue weighted by molar-refractivity contribution is 6.06. The molecule has 0 spiro atoms. The first-order chi connectivity index (χ1) is 13.5. The van der Waals surface area contributed by atoms with Gasteiger partial charge in [0.1, 0.15) is 0 Å². The van der Waals surface area contributed by atoms with E-state index in [1.54, 1.807) is 0 Å². The van der Waals surface area contributed by atoms with Crippen LogP contribution in [0.2, 0.25) is 0 Å². The van der Waals surface area contributed by atoms with Crippen molar-refractivity contribution >= 4 is 23.5 Å². The van der Waals surface area contributed by atoms with Gasteiger partial charge in [-0.1, -0.05) is 6.07 Å².